The van der Waals surface area contributed by atoms with Gasteiger partial charge in [0.1, 0.15) is 5.75 Å². The second-order valence-corrected chi connectivity index (χ2v) is 6.12. The summed E-state index contributed by atoms with van der Waals surface area (Å²) in [4.78, 5) is 35.1. The molecule has 3 N–H and O–H groups in total. The molecule has 2 rings (SSSR count). The van der Waals surface area contributed by atoms with Crippen LogP contribution in [0.5, 0.6) is 5.75 Å². The number of nitrogens with two attached hydrogens (primary N) is 1. The zero-order valence-corrected chi connectivity index (χ0v) is 15.4. The number of ether oxygens (including phenoxy) is 2. The quantitative estimate of drug-likeness (QED) is 0.728. The predicted molar refractivity (Wildman–Crippen MR) is 101 cm³/mol. The van der Waals surface area contributed by atoms with Crippen molar-refractivity contribution in [2.75, 3.05) is 11.9 Å². The third kappa shape index (κ3) is 5.85. The Hall–Kier alpha value is -3.35. The number of hydrogen-bond donors (Lipinski definition) is 2. The smallest absolute Gasteiger partial charge is 0.344 e. The fraction of sp³-hybridized carbons (Fsp3) is 0.250. The molecule has 7 nitrogen and oxygen atoms in total. The van der Waals surface area contributed by atoms with Gasteiger partial charge in [-0.3, -0.25) is 9.59 Å². The Kier molecular flexibility index (Phi) is 6.54. The molecular weight excluding hydrogens is 348 g/mol. The number of rotatable bonds is 7. The molecular formula is C20H22N2O5. The van der Waals surface area contributed by atoms with E-state index in [9.17, 15) is 14.4 Å². The first-order chi connectivity index (χ1) is 12.8. The highest BCUT2D eigenvalue weighted by Gasteiger charge is 2.18. The lowest BCUT2D eigenvalue weighted by Crippen LogP contribution is -2.31. The van der Waals surface area contributed by atoms with E-state index < -0.39 is 23.9 Å². The number of primary amides is 1. The molecule has 0 radical (unpaired) electrons. The molecule has 142 valence electrons. The SMILES string of the molecule is Cc1ccc(C)c(OCC(=O)O[C@@H](C)C(=O)Nc2ccc(C(N)=O)cc2)c1. The van der Waals surface area contributed by atoms with E-state index in [1.54, 1.807) is 0 Å². The van der Waals surface area contributed by atoms with Gasteiger partial charge in [-0.25, -0.2) is 4.79 Å². The third-order valence-electron chi connectivity index (χ3n) is 3.80. The molecule has 0 aliphatic rings. The van der Waals surface area contributed by atoms with Gasteiger partial charge < -0.3 is 20.5 Å². The molecule has 2 amide bonds. The Morgan fingerprint density at radius 1 is 1.07 bits per heavy atom. The van der Waals surface area contributed by atoms with Crippen LogP contribution in [0.4, 0.5) is 5.69 Å². The van der Waals surface area contributed by atoms with Crippen LogP contribution in [0.25, 0.3) is 0 Å². The number of hydrogen-bond acceptors (Lipinski definition) is 5. The average Bonchev–Trinajstić information content (AvgIpc) is 2.62. The summed E-state index contributed by atoms with van der Waals surface area (Å²) < 4.78 is 10.6. The summed E-state index contributed by atoms with van der Waals surface area (Å²) in [6.07, 6.45) is -1.00. The first-order valence-corrected chi connectivity index (χ1v) is 8.36. The predicted octanol–water partition coefficient (Wildman–Crippen LogP) is 2.35. The highest BCUT2D eigenvalue weighted by atomic mass is 16.6. The van der Waals surface area contributed by atoms with Gasteiger partial charge in [0.25, 0.3) is 5.91 Å². The molecule has 27 heavy (non-hydrogen) atoms. The highest BCUT2D eigenvalue weighted by molar-refractivity contribution is 5.96. The number of anilines is 1. The van der Waals surface area contributed by atoms with Crippen LogP contribution in [0, 0.1) is 13.8 Å². The van der Waals surface area contributed by atoms with Gasteiger partial charge >= 0.3 is 5.97 Å². The fourth-order valence-electron chi connectivity index (χ4n) is 2.25. The van der Waals surface area contributed by atoms with Crippen molar-refractivity contribution in [3.8, 4) is 5.75 Å². The molecule has 0 aliphatic heterocycles. The van der Waals surface area contributed by atoms with Gasteiger partial charge in [0.2, 0.25) is 5.91 Å². The third-order valence-corrected chi connectivity index (χ3v) is 3.80. The maximum absolute atomic E-state index is 12.1. The molecule has 0 spiro atoms. The zero-order valence-electron chi connectivity index (χ0n) is 15.4. The van der Waals surface area contributed by atoms with Gasteiger partial charge in [0.15, 0.2) is 12.7 Å². The Balaban J connectivity index is 1.85. The molecule has 2 aromatic rings. The molecule has 0 unspecified atom stereocenters. The van der Waals surface area contributed by atoms with Crippen molar-refractivity contribution in [2.45, 2.75) is 26.9 Å². The number of esters is 1. The van der Waals surface area contributed by atoms with Crippen LogP contribution >= 0.6 is 0 Å². The van der Waals surface area contributed by atoms with Crippen molar-refractivity contribution in [1.29, 1.82) is 0 Å². The van der Waals surface area contributed by atoms with Crippen molar-refractivity contribution < 1.29 is 23.9 Å². The van der Waals surface area contributed by atoms with Gasteiger partial charge in [-0.05, 0) is 62.2 Å². The Morgan fingerprint density at radius 2 is 1.74 bits per heavy atom. The summed E-state index contributed by atoms with van der Waals surface area (Å²) in [7, 11) is 0. The van der Waals surface area contributed by atoms with Crippen LogP contribution in [0.2, 0.25) is 0 Å². The van der Waals surface area contributed by atoms with Crippen LogP contribution in [-0.4, -0.2) is 30.5 Å². The van der Waals surface area contributed by atoms with Crippen molar-refractivity contribution >= 4 is 23.5 Å². The fourth-order valence-corrected chi connectivity index (χ4v) is 2.25. The molecule has 0 fully saturated rings. The van der Waals surface area contributed by atoms with E-state index in [-0.39, 0.29) is 6.61 Å². The van der Waals surface area contributed by atoms with Crippen LogP contribution < -0.4 is 15.8 Å². The Bertz CT molecular complexity index is 846. The lowest BCUT2D eigenvalue weighted by molar-refractivity contribution is -0.155. The summed E-state index contributed by atoms with van der Waals surface area (Å²) in [5, 5.41) is 2.59. The molecule has 0 bridgehead atoms. The molecule has 0 heterocycles. The second kappa shape index (κ2) is 8.84. The van der Waals surface area contributed by atoms with Gasteiger partial charge in [0.05, 0.1) is 0 Å². The molecule has 2 aromatic carbocycles. The van der Waals surface area contributed by atoms with Gasteiger partial charge in [-0.1, -0.05) is 12.1 Å². The van der Waals surface area contributed by atoms with E-state index in [0.717, 1.165) is 11.1 Å². The van der Waals surface area contributed by atoms with Gasteiger partial charge in [-0.15, -0.1) is 0 Å². The van der Waals surface area contributed by atoms with Crippen LogP contribution in [0.3, 0.4) is 0 Å². The zero-order chi connectivity index (χ0) is 20.0. The summed E-state index contributed by atoms with van der Waals surface area (Å²) in [6, 6.07) is 11.7. The number of aryl methyl sites for hydroxylation is 2. The topological polar surface area (TPSA) is 108 Å². The number of carbonyl (C=O) groups excluding carboxylic acids is 3. The largest absolute Gasteiger partial charge is 0.482 e. The molecule has 7 heteroatoms. The molecule has 0 aliphatic carbocycles. The minimum absolute atomic E-state index is 0.296. The van der Waals surface area contributed by atoms with Gasteiger partial charge in [0, 0.05) is 11.3 Å². The monoisotopic (exact) mass is 370 g/mol. The first-order valence-electron chi connectivity index (χ1n) is 8.36. The van der Waals surface area contributed by atoms with Crippen molar-refractivity contribution in [3.05, 3.63) is 59.2 Å². The number of benzene rings is 2. The standard InChI is InChI=1S/C20H22N2O5/c1-12-4-5-13(2)17(10-12)26-11-18(23)27-14(3)20(25)22-16-8-6-15(7-9-16)19(21)24/h4-10,14H,11H2,1-3H3,(H2,21,24)(H,22,25)/t14-/m0/s1. The normalized spacial score (nSPS) is 11.4. The minimum atomic E-state index is -1.00. The van der Waals surface area contributed by atoms with E-state index in [0.29, 0.717) is 17.0 Å². The van der Waals surface area contributed by atoms with Crippen molar-refractivity contribution in [2.24, 2.45) is 5.73 Å². The highest BCUT2D eigenvalue weighted by Crippen LogP contribution is 2.19. The summed E-state index contributed by atoms with van der Waals surface area (Å²) in [5.41, 5.74) is 7.86. The van der Waals surface area contributed by atoms with E-state index in [2.05, 4.69) is 5.32 Å². The lowest BCUT2D eigenvalue weighted by atomic mass is 10.1. The second-order valence-electron chi connectivity index (χ2n) is 6.12. The molecule has 1 atom stereocenters. The Labute approximate surface area is 157 Å². The lowest BCUT2D eigenvalue weighted by Gasteiger charge is -2.14. The summed E-state index contributed by atoms with van der Waals surface area (Å²) in [6.45, 7) is 4.96. The number of nitrogens with one attached hydrogen (secondary N) is 1. The Morgan fingerprint density at radius 3 is 2.37 bits per heavy atom. The van der Waals surface area contributed by atoms with E-state index >= 15 is 0 Å². The molecule has 0 saturated carbocycles. The van der Waals surface area contributed by atoms with E-state index in [1.165, 1.54) is 31.2 Å². The van der Waals surface area contributed by atoms with E-state index in [4.69, 9.17) is 15.2 Å². The summed E-state index contributed by atoms with van der Waals surface area (Å²) in [5.74, 6) is -1.11. The number of amides is 2. The van der Waals surface area contributed by atoms with Crippen molar-refractivity contribution in [1.82, 2.24) is 0 Å². The molecule has 0 saturated heterocycles. The average molecular weight is 370 g/mol. The minimum Gasteiger partial charge on any atom is -0.482 e. The van der Waals surface area contributed by atoms with Crippen LogP contribution in [-0.2, 0) is 14.3 Å². The molecule has 0 aromatic heterocycles. The first kappa shape index (κ1) is 20.0. The summed E-state index contributed by atoms with van der Waals surface area (Å²) >= 11 is 0. The van der Waals surface area contributed by atoms with Crippen molar-refractivity contribution in [3.63, 3.8) is 0 Å². The number of carbonyl (C=O) groups is 3. The maximum atomic E-state index is 12.1. The van der Waals surface area contributed by atoms with E-state index in [1.807, 2.05) is 32.0 Å². The van der Waals surface area contributed by atoms with Crippen LogP contribution in [0.1, 0.15) is 28.4 Å². The van der Waals surface area contributed by atoms with Crippen LogP contribution in [0.15, 0.2) is 42.5 Å². The maximum Gasteiger partial charge on any atom is 0.344 e. The van der Waals surface area contributed by atoms with Gasteiger partial charge in [-0.2, -0.15) is 0 Å².